The Morgan fingerprint density at radius 2 is 1.88 bits per heavy atom. The molecule has 4 aliphatic rings. The number of phenols is 1. The van der Waals surface area contributed by atoms with Crippen molar-refractivity contribution in [3.8, 4) is 41.2 Å². The van der Waals surface area contributed by atoms with Crippen molar-refractivity contribution >= 4 is 27.5 Å². The zero-order valence-corrected chi connectivity index (χ0v) is 28.3. The van der Waals surface area contributed by atoms with E-state index in [9.17, 15) is 9.50 Å². The van der Waals surface area contributed by atoms with Crippen molar-refractivity contribution in [2.24, 2.45) is 0 Å². The Hall–Kier alpha value is -5.12. The molecule has 0 bridgehead atoms. The van der Waals surface area contributed by atoms with Gasteiger partial charge in [-0.3, -0.25) is 4.90 Å². The summed E-state index contributed by atoms with van der Waals surface area (Å²) in [6.45, 7) is 2.45. The van der Waals surface area contributed by atoms with Crippen molar-refractivity contribution in [2.45, 2.75) is 62.6 Å². The van der Waals surface area contributed by atoms with Crippen molar-refractivity contribution in [1.82, 2.24) is 19.9 Å². The molecular formula is C40H36F3N5O4. The van der Waals surface area contributed by atoms with Crippen LogP contribution in [-0.4, -0.2) is 81.7 Å². The molecule has 12 heteroatoms. The lowest BCUT2D eigenvalue weighted by Gasteiger charge is -2.43. The fourth-order valence-electron chi connectivity index (χ4n) is 8.48. The van der Waals surface area contributed by atoms with Crippen molar-refractivity contribution in [1.29, 1.82) is 0 Å². The van der Waals surface area contributed by atoms with E-state index in [0.717, 1.165) is 37.8 Å². The van der Waals surface area contributed by atoms with Crippen LogP contribution in [0.2, 0.25) is 0 Å². The first-order valence-corrected chi connectivity index (χ1v) is 17.7. The minimum atomic E-state index is -0.946. The Labute approximate surface area is 298 Å². The van der Waals surface area contributed by atoms with Gasteiger partial charge in [0.25, 0.3) is 0 Å². The van der Waals surface area contributed by atoms with Crippen molar-refractivity contribution < 1.29 is 32.5 Å². The molecular weight excluding hydrogens is 671 g/mol. The van der Waals surface area contributed by atoms with Gasteiger partial charge in [-0.1, -0.05) is 42.3 Å². The molecule has 2 atom stereocenters. The summed E-state index contributed by atoms with van der Waals surface area (Å²) < 4.78 is 65.5. The molecule has 5 heterocycles. The van der Waals surface area contributed by atoms with E-state index < -0.39 is 23.3 Å². The number of aromatic nitrogens is 3. The zero-order chi connectivity index (χ0) is 35.6. The van der Waals surface area contributed by atoms with Crippen LogP contribution >= 0.6 is 0 Å². The second-order valence-corrected chi connectivity index (χ2v) is 14.2. The zero-order valence-electron chi connectivity index (χ0n) is 28.3. The molecule has 3 aromatic carbocycles. The highest BCUT2D eigenvalue weighted by Crippen LogP contribution is 2.45. The monoisotopic (exact) mass is 707 g/mol. The van der Waals surface area contributed by atoms with Crippen LogP contribution in [0.4, 0.5) is 19.0 Å². The minimum Gasteiger partial charge on any atom is -0.508 e. The summed E-state index contributed by atoms with van der Waals surface area (Å²) in [6.07, 6.45) is 8.35. The molecule has 9 rings (SSSR count). The molecule has 3 aliphatic heterocycles. The van der Waals surface area contributed by atoms with E-state index in [0.29, 0.717) is 37.3 Å². The van der Waals surface area contributed by atoms with Gasteiger partial charge in [-0.25, -0.2) is 18.2 Å². The van der Waals surface area contributed by atoms with Crippen molar-refractivity contribution in [3.05, 3.63) is 77.4 Å². The third kappa shape index (κ3) is 5.54. The fraction of sp³-hybridized carbons (Fsp3) is 0.375. The molecule has 52 heavy (non-hydrogen) atoms. The number of benzene rings is 3. The van der Waals surface area contributed by atoms with Crippen LogP contribution in [0.15, 0.2) is 54.6 Å². The molecule has 2 saturated heterocycles. The Morgan fingerprint density at radius 1 is 1.04 bits per heavy atom. The summed E-state index contributed by atoms with van der Waals surface area (Å²) in [5.41, 5.74) is 0.297. The largest absolute Gasteiger partial charge is 0.508 e. The van der Waals surface area contributed by atoms with Gasteiger partial charge < -0.3 is 24.2 Å². The molecule has 5 aromatic rings. The van der Waals surface area contributed by atoms with E-state index >= 15 is 8.78 Å². The van der Waals surface area contributed by atoms with E-state index in [2.05, 4.69) is 25.7 Å². The van der Waals surface area contributed by atoms with Crippen LogP contribution in [0.25, 0.3) is 32.9 Å². The van der Waals surface area contributed by atoms with E-state index in [1.807, 2.05) is 30.3 Å². The van der Waals surface area contributed by atoms with Crippen LogP contribution < -0.4 is 14.4 Å². The number of hydrogen-bond acceptors (Lipinski definition) is 9. The highest BCUT2D eigenvalue weighted by molar-refractivity contribution is 6.04. The predicted octanol–water partition coefficient (Wildman–Crippen LogP) is 6.71. The summed E-state index contributed by atoms with van der Waals surface area (Å²) in [5, 5.41) is 11.6. The summed E-state index contributed by atoms with van der Waals surface area (Å²) in [4.78, 5) is 18.3. The van der Waals surface area contributed by atoms with Gasteiger partial charge in [0.15, 0.2) is 5.82 Å². The van der Waals surface area contributed by atoms with Gasteiger partial charge in [0, 0.05) is 30.0 Å². The van der Waals surface area contributed by atoms with E-state index in [1.54, 1.807) is 0 Å². The Bertz CT molecular complexity index is 2250. The maximum atomic E-state index is 17.2. The van der Waals surface area contributed by atoms with Gasteiger partial charge in [0.05, 0.1) is 30.4 Å². The fourth-order valence-corrected chi connectivity index (χ4v) is 8.48. The number of halogens is 3. The SMILES string of the molecule is C#Cc1c(F)ccc2cc(O)cc(-c3nc4c5c(nc(OC[C@@]67CCCN6C[C@H](F)C7)nc5c3F)N(C3CC(OCc5ccccc5)C3)CCO4)c12. The second-order valence-electron chi connectivity index (χ2n) is 14.2. The number of terminal acetylenes is 1. The molecule has 3 fully saturated rings. The smallest absolute Gasteiger partial charge is 0.319 e. The third-order valence-electron chi connectivity index (χ3n) is 11.1. The maximum Gasteiger partial charge on any atom is 0.319 e. The molecule has 0 amide bonds. The van der Waals surface area contributed by atoms with Crippen molar-refractivity contribution in [3.63, 3.8) is 0 Å². The number of rotatable bonds is 8. The maximum absolute atomic E-state index is 17.2. The van der Waals surface area contributed by atoms with Crippen LogP contribution in [-0.2, 0) is 11.3 Å². The summed E-state index contributed by atoms with van der Waals surface area (Å²) in [5.74, 6) is 1.22. The Balaban J connectivity index is 1.14. The average molecular weight is 708 g/mol. The van der Waals surface area contributed by atoms with E-state index in [4.69, 9.17) is 25.6 Å². The van der Waals surface area contributed by atoms with Gasteiger partial charge in [-0.15, -0.1) is 6.42 Å². The number of aromatic hydroxyl groups is 1. The number of fused-ring (bicyclic) bond motifs is 2. The highest BCUT2D eigenvalue weighted by atomic mass is 19.1. The molecule has 0 unspecified atom stereocenters. The molecule has 0 radical (unpaired) electrons. The van der Waals surface area contributed by atoms with Crippen LogP contribution in [0.5, 0.6) is 17.6 Å². The number of hydrogen-bond donors (Lipinski definition) is 1. The standard InChI is InChI=1S/C40H36F3N5O4/c1-2-29-31(42)10-9-24-15-27(49)18-30(32(24)29)35-34(43)36-33-37(46-39(45-36)52-22-40-11-6-12-47(40)20-25(41)19-40)48(13-14-50-38(33)44-35)26-16-28(17-26)51-21-23-7-4-3-5-8-23/h1,3-5,7-10,15,18,25-26,28,49H,6,11-14,16-17,19-22H2/t25-,26?,28?,40+/m1/s1. The Kier molecular flexibility index (Phi) is 8.08. The molecule has 1 N–H and O–H groups in total. The number of phenolic OH excluding ortho intramolecular Hbond substituents is 1. The molecule has 1 saturated carbocycles. The average Bonchev–Trinajstić information content (AvgIpc) is 3.59. The number of nitrogens with zero attached hydrogens (tertiary/aromatic N) is 5. The summed E-state index contributed by atoms with van der Waals surface area (Å²) in [7, 11) is 0. The van der Waals surface area contributed by atoms with Crippen LogP contribution in [0.1, 0.15) is 43.2 Å². The molecule has 1 aliphatic carbocycles. The predicted molar refractivity (Wildman–Crippen MR) is 189 cm³/mol. The normalized spacial score (nSPS) is 24.0. The lowest BCUT2D eigenvalue weighted by molar-refractivity contribution is -0.0209. The van der Waals surface area contributed by atoms with Crippen LogP contribution in [0.3, 0.4) is 0 Å². The number of alkyl halides is 1. The lowest BCUT2D eigenvalue weighted by Crippen LogP contribution is -2.49. The first-order valence-electron chi connectivity index (χ1n) is 17.7. The first kappa shape index (κ1) is 32.8. The second kappa shape index (κ2) is 12.8. The molecule has 266 valence electrons. The molecule has 0 spiro atoms. The minimum absolute atomic E-state index is 0.0197. The Morgan fingerprint density at radius 3 is 2.71 bits per heavy atom. The summed E-state index contributed by atoms with van der Waals surface area (Å²) in [6, 6.07) is 15.4. The highest BCUT2D eigenvalue weighted by Gasteiger charge is 2.49. The van der Waals surface area contributed by atoms with Crippen molar-refractivity contribution in [2.75, 3.05) is 37.7 Å². The number of pyridine rings is 1. The summed E-state index contributed by atoms with van der Waals surface area (Å²) >= 11 is 0. The van der Waals surface area contributed by atoms with Gasteiger partial charge in [-0.05, 0) is 61.4 Å². The van der Waals surface area contributed by atoms with Gasteiger partial charge in [0.1, 0.15) is 53.4 Å². The quantitative estimate of drug-likeness (QED) is 0.177. The first-order chi connectivity index (χ1) is 25.3. The number of anilines is 1. The lowest BCUT2D eigenvalue weighted by atomic mass is 9.87. The van der Waals surface area contributed by atoms with Gasteiger partial charge in [0.2, 0.25) is 5.88 Å². The van der Waals surface area contributed by atoms with E-state index in [1.165, 1.54) is 24.3 Å². The molecule has 9 nitrogen and oxygen atoms in total. The van der Waals surface area contributed by atoms with Gasteiger partial charge in [-0.2, -0.15) is 9.97 Å². The van der Waals surface area contributed by atoms with E-state index in [-0.39, 0.29) is 76.1 Å². The van der Waals surface area contributed by atoms with Gasteiger partial charge >= 0.3 is 6.01 Å². The third-order valence-corrected chi connectivity index (χ3v) is 11.1. The topological polar surface area (TPSA) is 93.1 Å². The van der Waals surface area contributed by atoms with Crippen LogP contribution in [0, 0.1) is 24.0 Å². The molecule has 2 aromatic heterocycles. The number of ether oxygens (including phenoxy) is 3.